The smallest absolute Gasteiger partial charge is 0.330 e. The van der Waals surface area contributed by atoms with E-state index in [-0.39, 0.29) is 22.0 Å². The number of para-hydroxylation sites is 1. The molecule has 0 unspecified atom stereocenters. The fourth-order valence-corrected chi connectivity index (χ4v) is 4.63. The summed E-state index contributed by atoms with van der Waals surface area (Å²) in [4.78, 5) is 47.0. The number of hydrogen-bond acceptors (Lipinski definition) is 4. The van der Waals surface area contributed by atoms with Gasteiger partial charge in [-0.25, -0.2) is 23.7 Å². The molecule has 0 radical (unpaired) electrons. The van der Waals surface area contributed by atoms with E-state index in [1.165, 1.54) is 34.2 Å². The standard InChI is InChI=1S/C26H18Cl3N5O3/c1-31(2)25(36)34-21-23(33(26(34)37)17-6-4-3-5-7-17)30-22(19-13-10-16(28)14-20(19)29)32(24(21)35)18-11-8-15(27)9-12-18/h3-14H,1-2H3. The molecule has 11 heteroatoms. The van der Waals surface area contributed by atoms with Crippen molar-refractivity contribution in [3.63, 3.8) is 0 Å². The predicted octanol–water partition coefficient (Wildman–Crippen LogP) is 5.50. The fourth-order valence-electron chi connectivity index (χ4n) is 4.01. The van der Waals surface area contributed by atoms with Crippen molar-refractivity contribution < 1.29 is 4.79 Å². The molecule has 0 aliphatic rings. The summed E-state index contributed by atoms with van der Waals surface area (Å²) in [5.41, 5.74) is -0.305. The molecular weight excluding hydrogens is 537 g/mol. The third kappa shape index (κ3) is 4.23. The van der Waals surface area contributed by atoms with Gasteiger partial charge in [0.2, 0.25) is 0 Å². The van der Waals surface area contributed by atoms with Crippen molar-refractivity contribution in [1.82, 2.24) is 23.6 Å². The lowest BCUT2D eigenvalue weighted by Crippen LogP contribution is -2.37. The van der Waals surface area contributed by atoms with Crippen molar-refractivity contribution in [2.75, 3.05) is 14.1 Å². The molecule has 5 rings (SSSR count). The van der Waals surface area contributed by atoms with Gasteiger partial charge in [0.25, 0.3) is 5.56 Å². The van der Waals surface area contributed by atoms with Crippen LogP contribution >= 0.6 is 34.8 Å². The highest BCUT2D eigenvalue weighted by molar-refractivity contribution is 6.36. The fraction of sp³-hybridized carbons (Fsp3) is 0.0769. The Morgan fingerprint density at radius 2 is 1.43 bits per heavy atom. The number of carbonyl (C=O) groups excluding carboxylic acids is 1. The Kier molecular flexibility index (Phi) is 6.41. The second kappa shape index (κ2) is 9.55. The normalized spacial score (nSPS) is 11.2. The first kappa shape index (κ1) is 24.8. The minimum Gasteiger partial charge on any atom is -0.330 e. The van der Waals surface area contributed by atoms with Crippen LogP contribution in [0.2, 0.25) is 15.1 Å². The third-order valence-corrected chi connectivity index (χ3v) is 6.50. The Labute approximate surface area is 225 Å². The van der Waals surface area contributed by atoms with E-state index in [9.17, 15) is 14.4 Å². The van der Waals surface area contributed by atoms with Gasteiger partial charge in [0.15, 0.2) is 17.0 Å². The number of benzene rings is 3. The van der Waals surface area contributed by atoms with Gasteiger partial charge in [-0.05, 0) is 54.6 Å². The number of carbonyl (C=O) groups is 1. The summed E-state index contributed by atoms with van der Waals surface area (Å²) in [5.74, 6) is 0.153. The largest absolute Gasteiger partial charge is 0.343 e. The number of hydrogen-bond donors (Lipinski definition) is 0. The molecule has 3 aromatic carbocycles. The van der Waals surface area contributed by atoms with Crippen LogP contribution in [0, 0.1) is 0 Å². The van der Waals surface area contributed by atoms with E-state index < -0.39 is 17.3 Å². The molecule has 0 saturated heterocycles. The van der Waals surface area contributed by atoms with Gasteiger partial charge in [-0.1, -0.05) is 53.0 Å². The molecule has 0 spiro atoms. The monoisotopic (exact) mass is 553 g/mol. The quantitative estimate of drug-likeness (QED) is 0.295. The van der Waals surface area contributed by atoms with Crippen molar-refractivity contribution in [3.05, 3.63) is 109 Å². The van der Waals surface area contributed by atoms with Crippen LogP contribution in [0.15, 0.2) is 82.4 Å². The average molecular weight is 555 g/mol. The van der Waals surface area contributed by atoms with Crippen LogP contribution < -0.4 is 11.2 Å². The molecule has 5 aromatic rings. The summed E-state index contributed by atoms with van der Waals surface area (Å²) in [6.07, 6.45) is 0. The highest BCUT2D eigenvalue weighted by Crippen LogP contribution is 2.31. The molecule has 0 bridgehead atoms. The van der Waals surface area contributed by atoms with Crippen LogP contribution in [-0.4, -0.2) is 43.7 Å². The topological polar surface area (TPSA) is 82.1 Å². The van der Waals surface area contributed by atoms with E-state index >= 15 is 0 Å². The minimum atomic E-state index is -0.730. The Bertz CT molecular complexity index is 1790. The summed E-state index contributed by atoms with van der Waals surface area (Å²) in [6, 6.07) is 19.3. The molecule has 0 fully saturated rings. The van der Waals surface area contributed by atoms with E-state index in [2.05, 4.69) is 0 Å². The number of imidazole rings is 1. The molecule has 0 atom stereocenters. The summed E-state index contributed by atoms with van der Waals surface area (Å²) in [6.45, 7) is 0. The number of rotatable bonds is 3. The van der Waals surface area contributed by atoms with Crippen molar-refractivity contribution in [2.24, 2.45) is 0 Å². The number of halogens is 3. The number of aromatic nitrogens is 4. The number of fused-ring (bicyclic) bond motifs is 1. The zero-order chi connectivity index (χ0) is 26.4. The average Bonchev–Trinajstić information content (AvgIpc) is 3.16. The molecular formula is C26H18Cl3N5O3. The molecule has 186 valence electrons. The molecule has 2 heterocycles. The van der Waals surface area contributed by atoms with Crippen LogP contribution in [0.5, 0.6) is 0 Å². The van der Waals surface area contributed by atoms with Crippen LogP contribution in [0.4, 0.5) is 4.79 Å². The van der Waals surface area contributed by atoms with Crippen molar-refractivity contribution in [1.29, 1.82) is 0 Å². The summed E-state index contributed by atoms with van der Waals surface area (Å²) < 4.78 is 3.36. The summed E-state index contributed by atoms with van der Waals surface area (Å²) in [5, 5.41) is 1.12. The Morgan fingerprint density at radius 1 is 0.811 bits per heavy atom. The predicted molar refractivity (Wildman–Crippen MR) is 146 cm³/mol. The van der Waals surface area contributed by atoms with E-state index in [0.29, 0.717) is 27.0 Å². The van der Waals surface area contributed by atoms with Crippen LogP contribution in [0.25, 0.3) is 33.9 Å². The van der Waals surface area contributed by atoms with Gasteiger partial charge in [-0.2, -0.15) is 0 Å². The zero-order valence-corrected chi connectivity index (χ0v) is 21.8. The molecule has 0 aliphatic heterocycles. The van der Waals surface area contributed by atoms with Gasteiger partial charge in [0, 0.05) is 29.7 Å². The van der Waals surface area contributed by atoms with Crippen molar-refractivity contribution in [2.45, 2.75) is 0 Å². The lowest BCUT2D eigenvalue weighted by molar-refractivity contribution is 0.219. The van der Waals surface area contributed by atoms with Crippen LogP contribution in [0.3, 0.4) is 0 Å². The van der Waals surface area contributed by atoms with E-state index in [0.717, 1.165) is 4.57 Å². The Hall–Kier alpha value is -3.85. The van der Waals surface area contributed by atoms with Crippen LogP contribution in [-0.2, 0) is 0 Å². The maximum Gasteiger partial charge on any atom is 0.343 e. The molecule has 37 heavy (non-hydrogen) atoms. The van der Waals surface area contributed by atoms with E-state index in [4.69, 9.17) is 39.8 Å². The maximum absolute atomic E-state index is 14.2. The molecule has 1 amide bonds. The number of amides is 1. The van der Waals surface area contributed by atoms with Crippen LogP contribution in [0.1, 0.15) is 0 Å². The Balaban J connectivity index is 2.01. The first-order chi connectivity index (χ1) is 17.7. The number of nitrogens with zero attached hydrogens (tertiary/aromatic N) is 5. The third-order valence-electron chi connectivity index (χ3n) is 5.70. The Morgan fingerprint density at radius 3 is 2.05 bits per heavy atom. The molecule has 0 N–H and O–H groups in total. The summed E-state index contributed by atoms with van der Waals surface area (Å²) in [7, 11) is 2.99. The second-order valence-corrected chi connectivity index (χ2v) is 9.59. The molecule has 8 nitrogen and oxygen atoms in total. The second-order valence-electron chi connectivity index (χ2n) is 8.31. The highest BCUT2D eigenvalue weighted by atomic mass is 35.5. The van der Waals surface area contributed by atoms with Gasteiger partial charge in [0.1, 0.15) is 0 Å². The van der Waals surface area contributed by atoms with Gasteiger partial charge in [0.05, 0.1) is 16.4 Å². The molecule has 2 aromatic heterocycles. The molecule has 0 aliphatic carbocycles. The van der Waals surface area contributed by atoms with Crippen molar-refractivity contribution in [3.8, 4) is 22.8 Å². The van der Waals surface area contributed by atoms with Gasteiger partial charge in [-0.15, -0.1) is 0 Å². The molecule has 0 saturated carbocycles. The lowest BCUT2D eigenvalue weighted by Gasteiger charge is -2.15. The zero-order valence-electron chi connectivity index (χ0n) is 19.5. The maximum atomic E-state index is 14.2. The highest BCUT2D eigenvalue weighted by Gasteiger charge is 2.28. The first-order valence-corrected chi connectivity index (χ1v) is 12.1. The minimum absolute atomic E-state index is 0.00244. The van der Waals surface area contributed by atoms with Gasteiger partial charge < -0.3 is 4.90 Å². The van der Waals surface area contributed by atoms with E-state index in [1.54, 1.807) is 66.7 Å². The van der Waals surface area contributed by atoms with Gasteiger partial charge >= 0.3 is 11.7 Å². The SMILES string of the molecule is CN(C)C(=O)n1c(=O)n(-c2ccccc2)c2nc(-c3ccc(Cl)cc3Cl)n(-c3ccc(Cl)cc3)c(=O)c21. The lowest BCUT2D eigenvalue weighted by atomic mass is 10.2. The first-order valence-electron chi connectivity index (χ1n) is 11.0. The van der Waals surface area contributed by atoms with Crippen molar-refractivity contribution >= 4 is 52.0 Å². The van der Waals surface area contributed by atoms with Gasteiger partial charge in [-0.3, -0.25) is 9.36 Å². The van der Waals surface area contributed by atoms with E-state index in [1.807, 2.05) is 0 Å². The summed E-state index contributed by atoms with van der Waals surface area (Å²) >= 11 is 18.8.